The number of halogens is 5. The van der Waals surface area contributed by atoms with Gasteiger partial charge in [0.05, 0.1) is 23.6 Å². The van der Waals surface area contributed by atoms with E-state index >= 15 is 0 Å². The highest BCUT2D eigenvalue weighted by Crippen LogP contribution is 2.32. The minimum atomic E-state index is -4.53. The van der Waals surface area contributed by atoms with Crippen LogP contribution in [0.3, 0.4) is 0 Å². The predicted octanol–water partition coefficient (Wildman–Crippen LogP) is 2.49. The van der Waals surface area contributed by atoms with Crippen molar-refractivity contribution >= 4 is 51.4 Å². The Morgan fingerprint density at radius 2 is 2.18 bits per heavy atom. The molecule has 0 bridgehead atoms. The van der Waals surface area contributed by atoms with E-state index < -0.39 is 21.6 Å². The van der Waals surface area contributed by atoms with E-state index in [0.717, 1.165) is 6.07 Å². The summed E-state index contributed by atoms with van der Waals surface area (Å²) < 4.78 is 66.0. The second-order valence-electron chi connectivity index (χ2n) is 5.86. The molecule has 0 aromatic carbocycles. The number of guanidine groups is 1. The minimum Gasteiger partial charge on any atom is -0.475 e. The molecule has 2 heterocycles. The maximum absolute atomic E-state index is 12.6. The Kier molecular flexibility index (Phi) is 9.53. The normalized spacial score (nSPS) is 19.0. The van der Waals surface area contributed by atoms with Gasteiger partial charge in [0.25, 0.3) is 0 Å². The Balaban J connectivity index is 0.00000392. The first kappa shape index (κ1) is 25.0. The van der Waals surface area contributed by atoms with Crippen molar-refractivity contribution in [2.75, 3.05) is 31.2 Å². The van der Waals surface area contributed by atoms with Gasteiger partial charge in [-0.05, 0) is 19.4 Å². The molecule has 0 amide bonds. The highest BCUT2D eigenvalue weighted by Gasteiger charge is 2.32. The molecule has 28 heavy (non-hydrogen) atoms. The molecule has 7 nitrogen and oxygen atoms in total. The van der Waals surface area contributed by atoms with Gasteiger partial charge in [0.15, 0.2) is 15.8 Å². The lowest BCUT2D eigenvalue weighted by atomic mass is 10.3. The molecule has 1 atom stereocenters. The van der Waals surface area contributed by atoms with Crippen molar-refractivity contribution in [2.45, 2.75) is 25.6 Å². The van der Waals surface area contributed by atoms with Gasteiger partial charge in [0, 0.05) is 18.8 Å². The monoisotopic (exact) mass is 556 g/mol. The first-order valence-electron chi connectivity index (χ1n) is 8.21. The molecule has 1 unspecified atom stereocenters. The molecule has 1 aliphatic rings. The Bertz CT molecular complexity index is 793. The van der Waals surface area contributed by atoms with Gasteiger partial charge in [-0.3, -0.25) is 0 Å². The van der Waals surface area contributed by atoms with E-state index in [0.29, 0.717) is 25.1 Å². The molecule has 1 saturated heterocycles. The average Bonchev–Trinajstić information content (AvgIpc) is 2.90. The molecular weight excluding hydrogens is 536 g/mol. The zero-order valence-corrected chi connectivity index (χ0v) is 18.8. The van der Waals surface area contributed by atoms with E-state index in [4.69, 9.17) is 16.3 Å². The van der Waals surface area contributed by atoms with Gasteiger partial charge < -0.3 is 15.4 Å². The van der Waals surface area contributed by atoms with Crippen molar-refractivity contribution < 1.29 is 26.3 Å². The first-order valence-corrected chi connectivity index (χ1v) is 10.4. The largest absolute Gasteiger partial charge is 0.475 e. The Morgan fingerprint density at radius 1 is 1.46 bits per heavy atom. The number of sulfone groups is 1. The molecule has 1 aromatic rings. The molecule has 0 aliphatic carbocycles. The second-order valence-corrected chi connectivity index (χ2v) is 8.50. The third kappa shape index (κ3) is 7.78. The number of aromatic nitrogens is 1. The summed E-state index contributed by atoms with van der Waals surface area (Å²) in [5.41, 5.74) is -0.956. The lowest BCUT2D eigenvalue weighted by Crippen LogP contribution is -2.44. The van der Waals surface area contributed by atoms with Crippen LogP contribution in [0.5, 0.6) is 5.88 Å². The number of ether oxygens (including phenoxy) is 1. The number of hydrogen-bond donors (Lipinski definition) is 2. The van der Waals surface area contributed by atoms with Crippen LogP contribution in [-0.4, -0.2) is 56.6 Å². The van der Waals surface area contributed by atoms with Gasteiger partial charge in [-0.15, -0.1) is 24.0 Å². The first-order chi connectivity index (χ1) is 12.6. The van der Waals surface area contributed by atoms with Crippen molar-refractivity contribution in [3.63, 3.8) is 0 Å². The molecule has 160 valence electrons. The smallest absolute Gasteiger partial charge is 0.417 e. The Labute approximate surface area is 183 Å². The lowest BCUT2D eigenvalue weighted by Gasteiger charge is -2.16. The van der Waals surface area contributed by atoms with Gasteiger partial charge in [0.1, 0.15) is 11.6 Å². The Hall–Kier alpha value is -1.02. The van der Waals surface area contributed by atoms with Crippen LogP contribution in [0.4, 0.5) is 13.2 Å². The molecular formula is C15H21ClF3IN4O3S. The number of rotatable bonds is 6. The molecule has 1 aliphatic heterocycles. The highest BCUT2D eigenvalue weighted by atomic mass is 127. The number of nitrogens with one attached hydrogen (secondary N) is 2. The zero-order valence-electron chi connectivity index (χ0n) is 14.9. The Morgan fingerprint density at radius 3 is 2.71 bits per heavy atom. The summed E-state index contributed by atoms with van der Waals surface area (Å²) >= 11 is 5.76. The summed E-state index contributed by atoms with van der Waals surface area (Å²) in [5, 5.41) is 5.80. The number of nitrogens with zero attached hydrogens (tertiary/aromatic N) is 2. The van der Waals surface area contributed by atoms with E-state index in [2.05, 4.69) is 20.6 Å². The number of aliphatic imine (C=N–C) groups is 1. The van der Waals surface area contributed by atoms with Crippen LogP contribution in [0.15, 0.2) is 17.3 Å². The zero-order chi connectivity index (χ0) is 20.1. The van der Waals surface area contributed by atoms with Gasteiger partial charge in [-0.2, -0.15) is 13.2 Å². The van der Waals surface area contributed by atoms with Gasteiger partial charge in [-0.25, -0.2) is 18.4 Å². The quantitative estimate of drug-likeness (QED) is 0.242. The lowest BCUT2D eigenvalue weighted by molar-refractivity contribution is -0.137. The van der Waals surface area contributed by atoms with Crippen molar-refractivity contribution in [1.82, 2.24) is 15.6 Å². The van der Waals surface area contributed by atoms with E-state index in [-0.39, 0.29) is 65.6 Å². The summed E-state index contributed by atoms with van der Waals surface area (Å²) in [6.07, 6.45) is -3.37. The van der Waals surface area contributed by atoms with E-state index in [1.165, 1.54) is 0 Å². The number of alkyl halides is 3. The average molecular weight is 557 g/mol. The van der Waals surface area contributed by atoms with E-state index in [9.17, 15) is 21.6 Å². The molecule has 0 saturated carbocycles. The fourth-order valence-electron chi connectivity index (χ4n) is 2.41. The number of hydrogen-bond acceptors (Lipinski definition) is 5. The van der Waals surface area contributed by atoms with E-state index in [1.54, 1.807) is 0 Å². The fourth-order valence-corrected chi connectivity index (χ4v) is 4.30. The van der Waals surface area contributed by atoms with Crippen LogP contribution in [-0.2, 0) is 16.0 Å². The summed E-state index contributed by atoms with van der Waals surface area (Å²) in [6.45, 7) is 2.66. The van der Waals surface area contributed by atoms with Crippen LogP contribution in [0.25, 0.3) is 0 Å². The molecule has 1 aromatic heterocycles. The fraction of sp³-hybridized carbons (Fsp3) is 0.600. The summed E-state index contributed by atoms with van der Waals surface area (Å²) in [4.78, 5) is 7.83. The topological polar surface area (TPSA) is 92.7 Å². The van der Waals surface area contributed by atoms with Crippen LogP contribution in [0.2, 0.25) is 5.02 Å². The molecule has 2 N–H and O–H groups in total. The third-order valence-corrected chi connectivity index (χ3v) is 5.69. The van der Waals surface area contributed by atoms with Crippen molar-refractivity contribution in [2.24, 2.45) is 4.99 Å². The van der Waals surface area contributed by atoms with Crippen LogP contribution < -0.4 is 15.4 Å². The molecule has 13 heteroatoms. The van der Waals surface area contributed by atoms with E-state index in [1.807, 2.05) is 6.92 Å². The third-order valence-electron chi connectivity index (χ3n) is 3.65. The van der Waals surface area contributed by atoms with Gasteiger partial charge in [-0.1, -0.05) is 11.6 Å². The predicted molar refractivity (Wildman–Crippen MR) is 111 cm³/mol. The summed E-state index contributed by atoms with van der Waals surface area (Å²) in [6, 6.07) is 0.541. The standard InChI is InChI=1S/C15H20ClF3N4O3S.HI/c1-2-20-14(23-11-3-6-27(24,25)9-11)21-4-5-26-13-12(16)7-10(8-22-13)15(17,18)19;/h7-8,11H,2-6,9H2,1H3,(H2,20,21,23);1H. The van der Waals surface area contributed by atoms with Gasteiger partial charge in [0.2, 0.25) is 5.88 Å². The maximum Gasteiger partial charge on any atom is 0.417 e. The molecule has 1 fully saturated rings. The second kappa shape index (κ2) is 10.7. The highest BCUT2D eigenvalue weighted by molar-refractivity contribution is 14.0. The summed E-state index contributed by atoms with van der Waals surface area (Å²) in [7, 11) is -3.01. The van der Waals surface area contributed by atoms with Crippen LogP contribution >= 0.6 is 35.6 Å². The molecule has 2 rings (SSSR count). The molecule has 0 radical (unpaired) electrons. The van der Waals surface area contributed by atoms with Crippen molar-refractivity contribution in [3.05, 3.63) is 22.8 Å². The van der Waals surface area contributed by atoms with Crippen molar-refractivity contribution in [1.29, 1.82) is 0 Å². The van der Waals surface area contributed by atoms with Gasteiger partial charge >= 0.3 is 6.18 Å². The maximum atomic E-state index is 12.6. The molecule has 0 spiro atoms. The van der Waals surface area contributed by atoms with Crippen LogP contribution in [0.1, 0.15) is 18.9 Å². The van der Waals surface area contributed by atoms with Crippen molar-refractivity contribution in [3.8, 4) is 5.88 Å². The number of pyridine rings is 1. The minimum absolute atomic E-state index is 0. The summed E-state index contributed by atoms with van der Waals surface area (Å²) in [5.74, 6) is 0.527. The SMILES string of the molecule is CCNC(=NCCOc1ncc(C(F)(F)F)cc1Cl)NC1CCS(=O)(=O)C1.I. The van der Waals surface area contributed by atoms with Crippen LogP contribution in [0, 0.1) is 0 Å².